The van der Waals surface area contributed by atoms with E-state index in [4.69, 9.17) is 0 Å². The minimum atomic E-state index is -0.722. The highest BCUT2D eigenvalue weighted by molar-refractivity contribution is 9.10. The van der Waals surface area contributed by atoms with Crippen LogP contribution in [0.15, 0.2) is 40.9 Å². The molecule has 0 saturated carbocycles. The van der Waals surface area contributed by atoms with Gasteiger partial charge in [0, 0.05) is 16.0 Å². The van der Waals surface area contributed by atoms with E-state index in [1.807, 2.05) is 24.3 Å². The molecular weight excluding hydrogens is 284 g/mol. The molecule has 1 rings (SSSR count). The van der Waals surface area contributed by atoms with Crippen LogP contribution in [0.1, 0.15) is 18.4 Å². The highest BCUT2D eigenvalue weighted by Crippen LogP contribution is 2.32. The highest BCUT2D eigenvalue weighted by Gasteiger charge is 2.27. The molecule has 0 amide bonds. The van der Waals surface area contributed by atoms with Crippen molar-refractivity contribution >= 4 is 21.9 Å². The molecule has 0 unspecified atom stereocenters. The zero-order valence-electron chi connectivity index (χ0n) is 9.81. The molecule has 1 N–H and O–H groups in total. The van der Waals surface area contributed by atoms with E-state index in [-0.39, 0.29) is 5.57 Å². The van der Waals surface area contributed by atoms with Crippen molar-refractivity contribution in [1.82, 2.24) is 0 Å². The highest BCUT2D eigenvalue weighted by atomic mass is 79.9. The van der Waals surface area contributed by atoms with Gasteiger partial charge in [0.05, 0.1) is 13.2 Å². The Bertz CT molecular complexity index is 426. The van der Waals surface area contributed by atoms with Gasteiger partial charge in [-0.05, 0) is 18.6 Å². The largest absolute Gasteiger partial charge is 0.466 e. The van der Waals surface area contributed by atoms with Crippen molar-refractivity contribution in [1.29, 1.82) is 0 Å². The second-order valence-corrected chi connectivity index (χ2v) is 4.61. The Labute approximate surface area is 109 Å². The topological polar surface area (TPSA) is 46.5 Å². The molecule has 0 aliphatic carbocycles. The van der Waals surface area contributed by atoms with Gasteiger partial charge in [-0.1, -0.05) is 40.7 Å². The number of halogens is 1. The minimum Gasteiger partial charge on any atom is -0.466 e. The molecule has 0 spiro atoms. The number of carbonyl (C=O) groups excluding carboxylic acids is 1. The van der Waals surface area contributed by atoms with Crippen LogP contribution in [0, 0.1) is 0 Å². The van der Waals surface area contributed by atoms with Gasteiger partial charge in [-0.25, -0.2) is 4.79 Å². The van der Waals surface area contributed by atoms with Crippen LogP contribution in [0.3, 0.4) is 0 Å². The van der Waals surface area contributed by atoms with Gasteiger partial charge < -0.3 is 9.84 Å². The van der Waals surface area contributed by atoms with Gasteiger partial charge in [0.2, 0.25) is 0 Å². The van der Waals surface area contributed by atoms with Crippen molar-refractivity contribution in [2.75, 3.05) is 7.11 Å². The van der Waals surface area contributed by atoms with Crippen LogP contribution in [-0.4, -0.2) is 24.3 Å². The van der Waals surface area contributed by atoms with E-state index in [0.29, 0.717) is 0 Å². The number of carbonyl (C=O) groups is 1. The third-order valence-electron chi connectivity index (χ3n) is 2.55. The summed E-state index contributed by atoms with van der Waals surface area (Å²) in [5, 5.41) is 9.82. The van der Waals surface area contributed by atoms with Gasteiger partial charge in [-0.15, -0.1) is 0 Å². The summed E-state index contributed by atoms with van der Waals surface area (Å²) in [7, 11) is 1.30. The number of benzene rings is 1. The number of ether oxygens (including phenoxy) is 1. The van der Waals surface area contributed by atoms with Gasteiger partial charge in [0.1, 0.15) is 0 Å². The molecule has 92 valence electrons. The van der Waals surface area contributed by atoms with Crippen molar-refractivity contribution in [2.45, 2.75) is 18.9 Å². The number of hydrogen-bond acceptors (Lipinski definition) is 3. The molecule has 17 heavy (non-hydrogen) atoms. The molecular formula is C13H15BrO3. The van der Waals surface area contributed by atoms with Gasteiger partial charge in [-0.2, -0.15) is 0 Å². The first-order valence-electron chi connectivity index (χ1n) is 5.18. The Morgan fingerprint density at radius 1 is 1.47 bits per heavy atom. The molecule has 1 aromatic carbocycles. The molecule has 0 saturated heterocycles. The van der Waals surface area contributed by atoms with Crippen LogP contribution in [0.4, 0.5) is 0 Å². The predicted octanol–water partition coefficient (Wildman–Crippen LogP) is 2.64. The molecule has 0 heterocycles. The summed E-state index contributed by atoms with van der Waals surface area (Å²) < 4.78 is 5.47. The van der Waals surface area contributed by atoms with Gasteiger partial charge in [0.25, 0.3) is 0 Å². The number of aliphatic hydroxyl groups is 1. The van der Waals surface area contributed by atoms with Crippen LogP contribution >= 0.6 is 15.9 Å². The minimum absolute atomic E-state index is 0.245. The number of esters is 1. The summed E-state index contributed by atoms with van der Waals surface area (Å²) in [5.41, 5.74) is 1.06. The fourth-order valence-corrected chi connectivity index (χ4v) is 2.26. The summed E-state index contributed by atoms with van der Waals surface area (Å²) in [6.07, 6.45) is -0.722. The number of aliphatic hydroxyl groups excluding tert-OH is 1. The lowest BCUT2D eigenvalue weighted by molar-refractivity contribution is -0.136. The normalized spacial score (nSPS) is 13.9. The van der Waals surface area contributed by atoms with Crippen molar-refractivity contribution < 1.29 is 14.6 Å². The maximum absolute atomic E-state index is 11.5. The van der Waals surface area contributed by atoms with E-state index in [0.717, 1.165) is 10.0 Å². The van der Waals surface area contributed by atoms with Crippen LogP contribution in [0.2, 0.25) is 0 Å². The molecule has 0 radical (unpaired) electrons. The molecule has 0 bridgehead atoms. The van der Waals surface area contributed by atoms with Gasteiger partial charge in [-0.3, -0.25) is 0 Å². The Morgan fingerprint density at radius 2 is 2.06 bits per heavy atom. The first kappa shape index (κ1) is 13.9. The summed E-state index contributed by atoms with van der Waals surface area (Å²) in [6, 6.07) is 7.42. The van der Waals surface area contributed by atoms with Gasteiger partial charge in [0.15, 0.2) is 0 Å². The van der Waals surface area contributed by atoms with Gasteiger partial charge >= 0.3 is 5.97 Å². The third kappa shape index (κ3) is 3.17. The van der Waals surface area contributed by atoms with Crippen LogP contribution in [0.5, 0.6) is 0 Å². The van der Waals surface area contributed by atoms with Crippen LogP contribution < -0.4 is 0 Å². The lowest BCUT2D eigenvalue weighted by Crippen LogP contribution is -2.22. The second kappa shape index (κ2) is 5.98. The SMILES string of the molecule is C=C(C(=O)OC)[C@@H](c1ccccc1Br)[C@H](C)O. The fraction of sp³-hybridized carbons (Fsp3) is 0.308. The molecule has 3 nitrogen and oxygen atoms in total. The van der Waals surface area contributed by atoms with Crippen molar-refractivity contribution in [3.05, 3.63) is 46.5 Å². The molecule has 1 aromatic rings. The van der Waals surface area contributed by atoms with E-state index in [2.05, 4.69) is 27.2 Å². The fourth-order valence-electron chi connectivity index (χ4n) is 1.72. The van der Waals surface area contributed by atoms with E-state index < -0.39 is 18.0 Å². The summed E-state index contributed by atoms with van der Waals surface area (Å²) in [5.74, 6) is -0.982. The van der Waals surface area contributed by atoms with Crippen molar-refractivity contribution in [3.8, 4) is 0 Å². The molecule has 2 atom stereocenters. The Morgan fingerprint density at radius 3 is 2.53 bits per heavy atom. The van der Waals surface area contributed by atoms with Crippen LogP contribution in [-0.2, 0) is 9.53 Å². The van der Waals surface area contributed by atoms with E-state index in [1.165, 1.54) is 7.11 Å². The average Bonchev–Trinajstić information content (AvgIpc) is 2.30. The summed E-state index contributed by atoms with van der Waals surface area (Å²) in [6.45, 7) is 5.33. The monoisotopic (exact) mass is 298 g/mol. The number of rotatable bonds is 4. The Hall–Kier alpha value is -1.13. The maximum Gasteiger partial charge on any atom is 0.333 e. The summed E-state index contributed by atoms with van der Waals surface area (Å²) in [4.78, 5) is 11.5. The lowest BCUT2D eigenvalue weighted by atomic mass is 9.88. The average molecular weight is 299 g/mol. The third-order valence-corrected chi connectivity index (χ3v) is 3.27. The number of methoxy groups -OCH3 is 1. The first-order chi connectivity index (χ1) is 7.99. The number of hydrogen-bond donors (Lipinski definition) is 1. The second-order valence-electron chi connectivity index (χ2n) is 3.76. The van der Waals surface area contributed by atoms with E-state index in [1.54, 1.807) is 6.92 Å². The zero-order valence-corrected chi connectivity index (χ0v) is 11.4. The van der Waals surface area contributed by atoms with Crippen molar-refractivity contribution in [2.24, 2.45) is 0 Å². The quantitative estimate of drug-likeness (QED) is 0.687. The molecule has 4 heteroatoms. The zero-order chi connectivity index (χ0) is 13.0. The Kier molecular flexibility index (Phi) is 4.90. The lowest BCUT2D eigenvalue weighted by Gasteiger charge is -2.22. The molecule has 0 aliphatic heterocycles. The summed E-state index contributed by atoms with van der Waals surface area (Å²) >= 11 is 3.40. The molecule has 0 aromatic heterocycles. The van der Waals surface area contributed by atoms with E-state index in [9.17, 15) is 9.90 Å². The molecule has 0 fully saturated rings. The smallest absolute Gasteiger partial charge is 0.333 e. The first-order valence-corrected chi connectivity index (χ1v) is 5.98. The standard InChI is InChI=1S/C13H15BrO3/c1-8(13(16)17-3)12(9(2)15)10-6-4-5-7-11(10)14/h4-7,9,12,15H,1H2,2-3H3/t9-,12+/m0/s1. The Balaban J connectivity index is 3.15. The maximum atomic E-state index is 11.5. The van der Waals surface area contributed by atoms with Crippen molar-refractivity contribution in [3.63, 3.8) is 0 Å². The molecule has 0 aliphatic rings. The van der Waals surface area contributed by atoms with E-state index >= 15 is 0 Å². The van der Waals surface area contributed by atoms with Crippen LogP contribution in [0.25, 0.3) is 0 Å². The predicted molar refractivity (Wildman–Crippen MR) is 69.7 cm³/mol.